The average molecular weight is 815 g/mol. The van der Waals surface area contributed by atoms with Gasteiger partial charge in [0.05, 0.1) is 37.8 Å². The Morgan fingerprint density at radius 1 is 0.564 bits per heavy atom. The first kappa shape index (κ1) is 47.2. The van der Waals surface area contributed by atoms with Gasteiger partial charge in [-0.1, -0.05) is 12.1 Å². The van der Waals surface area contributed by atoms with Gasteiger partial charge in [0.25, 0.3) is 0 Å². The Hall–Kier alpha value is -3.91. The van der Waals surface area contributed by atoms with E-state index in [0.717, 1.165) is 18.2 Å². The van der Waals surface area contributed by atoms with Crippen molar-refractivity contribution in [3.63, 3.8) is 0 Å². The first-order chi connectivity index (χ1) is 24.7. The van der Waals surface area contributed by atoms with Crippen LogP contribution in [-0.2, 0) is 62.7 Å². The molecule has 0 aliphatic rings. The molecule has 0 amide bonds. The Morgan fingerprint density at radius 3 is 1.24 bits per heavy atom. The topological polar surface area (TPSA) is 236 Å². The summed E-state index contributed by atoms with van der Waals surface area (Å²) in [4.78, 5) is 84.9. The van der Waals surface area contributed by atoms with Gasteiger partial charge in [0.2, 0.25) is 0 Å². The zero-order valence-electron chi connectivity index (χ0n) is 33.2. The number of carbonyl (C=O) groups excluding carboxylic acids is 5. The van der Waals surface area contributed by atoms with Crippen molar-refractivity contribution in [3.8, 4) is 5.75 Å². The number of rotatable bonds is 14. The van der Waals surface area contributed by atoms with E-state index in [1.54, 1.807) is 0 Å². The van der Waals surface area contributed by atoms with Gasteiger partial charge < -0.3 is 33.8 Å². The molecule has 18 heteroatoms. The lowest BCUT2D eigenvalue weighted by Gasteiger charge is -2.27. The van der Waals surface area contributed by atoms with Crippen molar-refractivity contribution in [1.29, 1.82) is 0 Å². The van der Waals surface area contributed by atoms with Gasteiger partial charge in [-0.05, 0) is 125 Å². The molecule has 0 radical (unpaired) electrons. The maximum atomic E-state index is 13.4. The molecule has 306 valence electrons. The highest BCUT2D eigenvalue weighted by atomic mass is 31.2. The van der Waals surface area contributed by atoms with E-state index in [1.165, 1.54) is 107 Å². The van der Waals surface area contributed by atoms with Gasteiger partial charge in [0.1, 0.15) is 5.75 Å². The van der Waals surface area contributed by atoms with Crippen LogP contribution in [0.2, 0.25) is 0 Å². The zero-order chi connectivity index (χ0) is 42.5. The van der Waals surface area contributed by atoms with Crippen molar-refractivity contribution < 1.29 is 76.0 Å². The second-order valence-corrected chi connectivity index (χ2v) is 20.3. The van der Waals surface area contributed by atoms with Crippen LogP contribution in [0.3, 0.4) is 0 Å². The molecule has 0 aliphatic carbocycles. The molecule has 0 saturated heterocycles. The summed E-state index contributed by atoms with van der Waals surface area (Å²) in [6, 6.07) is 8.19. The van der Waals surface area contributed by atoms with E-state index in [-0.39, 0.29) is 23.7 Å². The Morgan fingerprint density at radius 2 is 0.891 bits per heavy atom. The summed E-state index contributed by atoms with van der Waals surface area (Å²) in [5.41, 5.74) is -4.20. The molecule has 0 aliphatic heterocycles. The molecule has 2 rings (SSSR count). The van der Waals surface area contributed by atoms with Gasteiger partial charge in [-0.25, -0.2) is 9.05 Å². The molecule has 0 spiro atoms. The largest absolute Gasteiger partial charge is 0.507 e. The minimum atomic E-state index is -4.98. The number of aryl methyl sites for hydroxylation is 1. The molecule has 55 heavy (non-hydrogen) atoms. The maximum Gasteiger partial charge on any atom is 0.372 e. The number of phenols is 1. The Kier molecular flexibility index (Phi) is 15.0. The van der Waals surface area contributed by atoms with E-state index in [4.69, 9.17) is 28.0 Å². The molecule has 0 heterocycles. The molecule has 2 aromatic rings. The van der Waals surface area contributed by atoms with E-state index in [9.17, 15) is 48.0 Å². The van der Waals surface area contributed by atoms with Crippen molar-refractivity contribution in [2.45, 2.75) is 109 Å². The van der Waals surface area contributed by atoms with Crippen molar-refractivity contribution in [3.05, 3.63) is 53.6 Å². The van der Waals surface area contributed by atoms with Gasteiger partial charge in [-0.2, -0.15) is 0 Å². The molecular formula is C37H52O16P2. The van der Waals surface area contributed by atoms with Crippen LogP contribution in [0.4, 0.5) is 0 Å². The number of benzene rings is 2. The number of hydrogen-bond acceptors (Lipinski definition) is 14. The summed E-state index contributed by atoms with van der Waals surface area (Å²) in [5, 5.41) is 9.72. The number of aromatic hydroxyl groups is 1. The number of phenolic OH excluding ortho intramolecular Hbond substituents is 1. The average Bonchev–Trinajstić information content (AvgIpc) is 3.01. The van der Waals surface area contributed by atoms with E-state index in [0.29, 0.717) is 5.56 Å². The molecular weight excluding hydrogens is 762 g/mol. The molecule has 2 unspecified atom stereocenters. The fourth-order valence-corrected chi connectivity index (χ4v) is 5.68. The quantitative estimate of drug-likeness (QED) is 0.0886. The van der Waals surface area contributed by atoms with Crippen molar-refractivity contribution in [2.75, 3.05) is 0 Å². The van der Waals surface area contributed by atoms with Gasteiger partial charge in [-0.3, -0.25) is 33.1 Å². The lowest BCUT2D eigenvalue weighted by molar-refractivity contribution is -0.247. The molecule has 3 N–H and O–H groups in total. The summed E-state index contributed by atoms with van der Waals surface area (Å²) in [5.74, 6) is -4.73. The minimum absolute atomic E-state index is 0.0370. The number of hydrogen-bond donors (Lipinski definition) is 3. The maximum absolute atomic E-state index is 13.4. The van der Waals surface area contributed by atoms with Crippen LogP contribution in [0.1, 0.15) is 105 Å². The van der Waals surface area contributed by atoms with Crippen LogP contribution >= 0.6 is 15.2 Å². The van der Waals surface area contributed by atoms with Crippen LogP contribution < -0.4 is 10.6 Å². The fourth-order valence-electron chi connectivity index (χ4n) is 3.71. The number of carbonyl (C=O) groups is 5. The summed E-state index contributed by atoms with van der Waals surface area (Å²) < 4.78 is 57.3. The molecule has 2 aromatic carbocycles. The highest BCUT2D eigenvalue weighted by Crippen LogP contribution is 2.45. The van der Waals surface area contributed by atoms with E-state index < -0.39 is 90.5 Å². The number of ether oxygens (including phenoxy) is 4. The lowest BCUT2D eigenvalue weighted by Crippen LogP contribution is -2.36. The van der Waals surface area contributed by atoms with Crippen molar-refractivity contribution >= 4 is 55.5 Å². The number of ketones is 1. The highest BCUT2D eigenvalue weighted by molar-refractivity contribution is 7.61. The third-order valence-electron chi connectivity index (χ3n) is 7.23. The monoisotopic (exact) mass is 814 g/mol. The van der Waals surface area contributed by atoms with E-state index >= 15 is 0 Å². The predicted molar refractivity (Wildman–Crippen MR) is 198 cm³/mol. The Labute approximate surface area is 320 Å². The number of Topliss-reactive ketones (excluding diaryl/α,β-unsaturated/α-hetero) is 1. The van der Waals surface area contributed by atoms with E-state index in [2.05, 4.69) is 0 Å². The van der Waals surface area contributed by atoms with Crippen LogP contribution in [0.15, 0.2) is 42.5 Å². The predicted octanol–water partition coefficient (Wildman–Crippen LogP) is 5.79. The summed E-state index contributed by atoms with van der Waals surface area (Å²) in [6.07, 6.45) is -0.210. The first-order valence-electron chi connectivity index (χ1n) is 17.1. The molecule has 2 atom stereocenters. The summed E-state index contributed by atoms with van der Waals surface area (Å²) >= 11 is 0. The standard InChI is InChI=1S/C37H52O16P2/c1-34(2,3)28(40)48-32(49-29(41)35(4,5)6)52-54(44,45)23-16-13-22(14-17-23)15-19-26(38)25-21-24(18-20-27(25)39)55(46,47)53-33(50-30(42)36(7,8)9)51-31(43)37(10,11)12/h13-14,16-18,20-21,32-33,39H,15,19H2,1-12H3,(H,44,45)(H,46,47). The lowest BCUT2D eigenvalue weighted by atomic mass is 9.97. The van der Waals surface area contributed by atoms with E-state index in [1.807, 2.05) is 0 Å². The minimum Gasteiger partial charge on any atom is -0.507 e. The molecule has 0 aromatic heterocycles. The molecule has 0 fully saturated rings. The van der Waals surface area contributed by atoms with Crippen LogP contribution in [-0.4, -0.2) is 57.5 Å². The van der Waals surface area contributed by atoms with Crippen molar-refractivity contribution in [2.24, 2.45) is 21.7 Å². The SMILES string of the molecule is CC(C)(C)C(=O)OC(OC(=O)C(C)(C)C)OP(=O)(O)c1ccc(CCC(=O)c2cc(P(=O)(O)OC(OC(=O)C(C)(C)C)OC(=O)C(C)(C)C)ccc2O)cc1. The van der Waals surface area contributed by atoms with Gasteiger partial charge in [0, 0.05) is 6.42 Å². The Bertz CT molecular complexity index is 1780. The van der Waals surface area contributed by atoms with Gasteiger partial charge in [-0.15, -0.1) is 0 Å². The second-order valence-electron chi connectivity index (χ2n) is 16.7. The van der Waals surface area contributed by atoms with Crippen LogP contribution in [0.5, 0.6) is 5.75 Å². The Balaban J connectivity index is 2.25. The van der Waals surface area contributed by atoms with Crippen molar-refractivity contribution in [1.82, 2.24) is 0 Å². The van der Waals surface area contributed by atoms with Gasteiger partial charge in [0.15, 0.2) is 5.78 Å². The molecule has 16 nitrogen and oxygen atoms in total. The zero-order valence-corrected chi connectivity index (χ0v) is 34.9. The third-order valence-corrected chi connectivity index (χ3v) is 10.0. The second kappa shape index (κ2) is 17.5. The fraction of sp³-hybridized carbons (Fsp3) is 0.541. The molecule has 0 bridgehead atoms. The smallest absolute Gasteiger partial charge is 0.372 e. The van der Waals surface area contributed by atoms with Crippen LogP contribution in [0.25, 0.3) is 0 Å². The van der Waals surface area contributed by atoms with Crippen LogP contribution in [0, 0.1) is 21.7 Å². The third kappa shape index (κ3) is 14.3. The normalized spacial score (nSPS) is 14.8. The summed E-state index contributed by atoms with van der Waals surface area (Å²) in [6.45, 7) is 13.8. The first-order valence-corrected chi connectivity index (χ1v) is 20.2. The molecule has 0 saturated carbocycles. The van der Waals surface area contributed by atoms with Gasteiger partial charge >= 0.3 is 52.0 Å². The highest BCUT2D eigenvalue weighted by Gasteiger charge is 2.39. The summed E-state index contributed by atoms with van der Waals surface area (Å²) in [7, 11) is -9.75. The number of esters is 4.